The predicted molar refractivity (Wildman–Crippen MR) is 102 cm³/mol. The molecule has 0 radical (unpaired) electrons. The number of halogens is 3. The van der Waals surface area contributed by atoms with Crippen molar-refractivity contribution in [1.82, 2.24) is 9.96 Å². The van der Waals surface area contributed by atoms with Crippen molar-refractivity contribution in [2.75, 3.05) is 26.8 Å². The van der Waals surface area contributed by atoms with E-state index in [1.54, 1.807) is 0 Å². The Labute approximate surface area is 173 Å². The lowest BCUT2D eigenvalue weighted by Gasteiger charge is -2.45. The van der Waals surface area contributed by atoms with Gasteiger partial charge in [-0.1, -0.05) is 18.2 Å². The van der Waals surface area contributed by atoms with Crippen LogP contribution in [0, 0.1) is 5.92 Å². The number of rotatable bonds is 6. The van der Waals surface area contributed by atoms with Crippen LogP contribution < -0.4 is 0 Å². The number of methoxy groups -OCH3 is 1. The van der Waals surface area contributed by atoms with Gasteiger partial charge in [-0.25, -0.2) is 5.06 Å². The lowest BCUT2D eigenvalue weighted by atomic mass is 9.77. The van der Waals surface area contributed by atoms with Gasteiger partial charge in [0.25, 0.3) is 0 Å². The molecule has 2 saturated heterocycles. The summed E-state index contributed by atoms with van der Waals surface area (Å²) in [6, 6.07) is 5.11. The van der Waals surface area contributed by atoms with Crippen LogP contribution in [0.4, 0.5) is 13.2 Å². The Morgan fingerprint density at radius 2 is 1.90 bits per heavy atom. The van der Waals surface area contributed by atoms with E-state index in [-0.39, 0.29) is 18.9 Å². The number of carbonyl (C=O) groups is 2. The van der Waals surface area contributed by atoms with Gasteiger partial charge in [0, 0.05) is 26.1 Å². The highest BCUT2D eigenvalue weighted by Gasteiger charge is 2.58. The topological polar surface area (TPSA) is 59.1 Å². The second kappa shape index (κ2) is 8.77. The van der Waals surface area contributed by atoms with Gasteiger partial charge in [0.05, 0.1) is 30.7 Å². The lowest BCUT2D eigenvalue weighted by Crippen LogP contribution is -2.57. The molecule has 30 heavy (non-hydrogen) atoms. The molecule has 3 rings (SSSR count). The molecule has 0 aliphatic carbocycles. The molecule has 2 aliphatic heterocycles. The van der Waals surface area contributed by atoms with Crippen molar-refractivity contribution in [2.45, 2.75) is 37.5 Å². The number of piperidine rings is 1. The van der Waals surface area contributed by atoms with Crippen molar-refractivity contribution >= 4 is 11.9 Å². The summed E-state index contributed by atoms with van der Waals surface area (Å²) >= 11 is 0. The van der Waals surface area contributed by atoms with Crippen molar-refractivity contribution in [1.29, 1.82) is 0 Å². The van der Waals surface area contributed by atoms with Crippen molar-refractivity contribution in [3.05, 3.63) is 48.0 Å². The molecule has 9 heteroatoms. The summed E-state index contributed by atoms with van der Waals surface area (Å²) in [7, 11) is 1.30. The van der Waals surface area contributed by atoms with Gasteiger partial charge in [-0.05, 0) is 30.5 Å². The van der Waals surface area contributed by atoms with Gasteiger partial charge < -0.3 is 4.74 Å². The summed E-state index contributed by atoms with van der Waals surface area (Å²) in [5.74, 6) is -1.32. The average Bonchev–Trinajstić information content (AvgIpc) is 2.98. The molecule has 164 valence electrons. The van der Waals surface area contributed by atoms with E-state index in [0.717, 1.165) is 17.7 Å². The van der Waals surface area contributed by atoms with Crippen molar-refractivity contribution in [3.63, 3.8) is 0 Å². The van der Waals surface area contributed by atoms with Crippen LogP contribution in [0.15, 0.2) is 36.9 Å². The van der Waals surface area contributed by atoms with Crippen LogP contribution in [0.25, 0.3) is 0 Å². The minimum atomic E-state index is -4.36. The Kier molecular flexibility index (Phi) is 6.52. The van der Waals surface area contributed by atoms with E-state index in [9.17, 15) is 22.8 Å². The number of hydrogen-bond acceptors (Lipinski definition) is 5. The van der Waals surface area contributed by atoms with Gasteiger partial charge >= 0.3 is 12.1 Å². The summed E-state index contributed by atoms with van der Waals surface area (Å²) in [6.45, 7) is 5.36. The molecule has 1 amide bonds. The summed E-state index contributed by atoms with van der Waals surface area (Å²) in [5, 5.41) is 1.33. The first-order valence-electron chi connectivity index (χ1n) is 9.74. The molecule has 1 aromatic rings. The molecule has 1 aromatic carbocycles. The number of esters is 1. The van der Waals surface area contributed by atoms with Gasteiger partial charge in [-0.3, -0.25) is 19.3 Å². The first-order chi connectivity index (χ1) is 14.2. The van der Waals surface area contributed by atoms with Crippen LogP contribution in [0.3, 0.4) is 0 Å². The van der Waals surface area contributed by atoms with Crippen LogP contribution in [0.5, 0.6) is 0 Å². The van der Waals surface area contributed by atoms with Crippen LogP contribution in [-0.2, 0) is 31.9 Å². The molecule has 1 atom stereocenters. The molecule has 0 bridgehead atoms. The molecule has 0 aromatic heterocycles. The maximum absolute atomic E-state index is 12.7. The molecule has 2 fully saturated rings. The SMILES string of the molecule is C=CCON1C(=O)CC(C(=O)OC)C12CCN(Cc1ccc(C(F)(F)F)cc1)CC2. The van der Waals surface area contributed by atoms with Crippen LogP contribution in [0.2, 0.25) is 0 Å². The maximum atomic E-state index is 12.7. The number of amides is 1. The molecular formula is C21H25F3N2O4. The van der Waals surface area contributed by atoms with Crippen LogP contribution in [0.1, 0.15) is 30.4 Å². The van der Waals surface area contributed by atoms with E-state index in [2.05, 4.69) is 11.5 Å². The highest BCUT2D eigenvalue weighted by molar-refractivity contribution is 5.88. The summed E-state index contributed by atoms with van der Waals surface area (Å²) in [5.41, 5.74) is -0.695. The Morgan fingerprint density at radius 1 is 1.27 bits per heavy atom. The number of ether oxygens (including phenoxy) is 1. The molecular weight excluding hydrogens is 401 g/mol. The number of hydrogen-bond donors (Lipinski definition) is 0. The molecule has 6 nitrogen and oxygen atoms in total. The highest BCUT2D eigenvalue weighted by atomic mass is 19.4. The van der Waals surface area contributed by atoms with E-state index in [4.69, 9.17) is 9.57 Å². The van der Waals surface area contributed by atoms with Gasteiger partial charge in [0.2, 0.25) is 5.91 Å². The largest absolute Gasteiger partial charge is 0.469 e. The Balaban J connectivity index is 1.70. The van der Waals surface area contributed by atoms with Gasteiger partial charge in [0.1, 0.15) is 0 Å². The first kappa shape index (κ1) is 22.3. The van der Waals surface area contributed by atoms with Crippen molar-refractivity contribution in [2.24, 2.45) is 5.92 Å². The summed E-state index contributed by atoms with van der Waals surface area (Å²) < 4.78 is 43.1. The fourth-order valence-corrected chi connectivity index (χ4v) is 4.32. The zero-order valence-corrected chi connectivity index (χ0v) is 16.8. The maximum Gasteiger partial charge on any atom is 0.416 e. The standard InChI is InChI=1S/C21H25F3N2O4/c1-3-12-30-26-18(27)13-17(19(28)29-2)20(26)8-10-25(11-9-20)14-15-4-6-16(7-5-15)21(22,23)24/h3-7,17H,1,8-14H2,2H3. The Morgan fingerprint density at radius 3 is 2.43 bits per heavy atom. The molecule has 1 unspecified atom stereocenters. The monoisotopic (exact) mass is 426 g/mol. The van der Waals surface area contributed by atoms with E-state index < -0.39 is 29.2 Å². The fourth-order valence-electron chi connectivity index (χ4n) is 4.32. The summed E-state index contributed by atoms with van der Waals surface area (Å²) in [6.07, 6.45) is -1.80. The van der Waals surface area contributed by atoms with E-state index in [1.807, 2.05) is 0 Å². The number of nitrogens with zero attached hydrogens (tertiary/aromatic N) is 2. The highest BCUT2D eigenvalue weighted by Crippen LogP contribution is 2.44. The molecule has 0 N–H and O–H groups in total. The summed E-state index contributed by atoms with van der Waals surface area (Å²) in [4.78, 5) is 32.6. The zero-order valence-electron chi connectivity index (χ0n) is 16.8. The fraction of sp³-hybridized carbons (Fsp3) is 0.524. The molecule has 1 spiro atoms. The quantitative estimate of drug-likeness (QED) is 0.517. The minimum absolute atomic E-state index is 0.0305. The smallest absolute Gasteiger partial charge is 0.416 e. The second-order valence-electron chi connectivity index (χ2n) is 7.63. The number of hydroxylamine groups is 2. The number of benzene rings is 1. The van der Waals surface area contributed by atoms with Crippen LogP contribution >= 0.6 is 0 Å². The minimum Gasteiger partial charge on any atom is -0.469 e. The predicted octanol–water partition coefficient (Wildman–Crippen LogP) is 3.18. The lowest BCUT2D eigenvalue weighted by molar-refractivity contribution is -0.218. The number of carbonyl (C=O) groups excluding carboxylic acids is 2. The number of alkyl halides is 3. The van der Waals surface area contributed by atoms with Crippen molar-refractivity contribution in [3.8, 4) is 0 Å². The molecule has 2 heterocycles. The Hall–Kier alpha value is -2.39. The van der Waals surface area contributed by atoms with Gasteiger partial charge in [0.15, 0.2) is 0 Å². The molecule has 0 saturated carbocycles. The van der Waals surface area contributed by atoms with Gasteiger partial charge in [-0.2, -0.15) is 13.2 Å². The van der Waals surface area contributed by atoms with E-state index in [0.29, 0.717) is 32.5 Å². The second-order valence-corrected chi connectivity index (χ2v) is 7.63. The molecule has 2 aliphatic rings. The third-order valence-electron chi connectivity index (χ3n) is 5.87. The van der Waals surface area contributed by atoms with E-state index in [1.165, 1.54) is 30.4 Å². The average molecular weight is 426 g/mol. The first-order valence-corrected chi connectivity index (χ1v) is 9.74. The van der Waals surface area contributed by atoms with Gasteiger partial charge in [-0.15, -0.1) is 6.58 Å². The zero-order chi connectivity index (χ0) is 21.9. The van der Waals surface area contributed by atoms with Crippen LogP contribution in [-0.4, -0.2) is 54.2 Å². The van der Waals surface area contributed by atoms with Crippen molar-refractivity contribution < 1.29 is 32.3 Å². The third-order valence-corrected chi connectivity index (χ3v) is 5.87. The van der Waals surface area contributed by atoms with E-state index >= 15 is 0 Å². The Bertz CT molecular complexity index is 786. The number of likely N-dealkylation sites (tertiary alicyclic amines) is 1. The third kappa shape index (κ3) is 4.37. The normalized spacial score (nSPS) is 21.8.